The van der Waals surface area contributed by atoms with E-state index in [4.69, 9.17) is 5.21 Å². The fourth-order valence-corrected chi connectivity index (χ4v) is 4.78. The van der Waals surface area contributed by atoms with Gasteiger partial charge in [-0.15, -0.1) is 0 Å². The number of aromatic amines is 1. The molecule has 1 saturated heterocycles. The van der Waals surface area contributed by atoms with Crippen LogP contribution in [0.3, 0.4) is 0 Å². The maximum Gasteiger partial charge on any atom is 0.304 e. The third kappa shape index (κ3) is 2.85. The number of amides is 2. The van der Waals surface area contributed by atoms with Gasteiger partial charge in [0.15, 0.2) is 0 Å². The van der Waals surface area contributed by atoms with Gasteiger partial charge in [-0.2, -0.15) is 0 Å². The van der Waals surface area contributed by atoms with Gasteiger partial charge >= 0.3 is 4.87 Å². The number of aromatic nitrogens is 1. The minimum Gasteiger partial charge on any atom is -0.337 e. The zero-order valence-corrected chi connectivity index (χ0v) is 14.9. The van der Waals surface area contributed by atoms with Crippen molar-refractivity contribution in [2.45, 2.75) is 32.2 Å². The van der Waals surface area contributed by atoms with E-state index < -0.39 is 5.91 Å². The molecule has 2 amide bonds. The first kappa shape index (κ1) is 17.0. The van der Waals surface area contributed by atoms with Crippen molar-refractivity contribution >= 4 is 23.2 Å². The summed E-state index contributed by atoms with van der Waals surface area (Å²) in [6.45, 7) is 1.18. The molecule has 1 atom stereocenters. The topological polar surface area (TPSA) is 102 Å². The molecule has 136 valence electrons. The Hall–Kier alpha value is -2.45. The predicted molar refractivity (Wildman–Crippen MR) is 95.1 cm³/mol. The molecule has 1 spiro atoms. The third-order valence-electron chi connectivity index (χ3n) is 5.49. The summed E-state index contributed by atoms with van der Waals surface area (Å²) in [6.07, 6.45) is 4.64. The summed E-state index contributed by atoms with van der Waals surface area (Å²) in [7, 11) is 0. The lowest BCUT2D eigenvalue weighted by Crippen LogP contribution is -2.38. The molecular formula is C18H19N3O4S. The number of likely N-dealkylation sites (tertiary alicyclic amines) is 1. The Morgan fingerprint density at radius 2 is 2.15 bits per heavy atom. The van der Waals surface area contributed by atoms with Gasteiger partial charge in [-0.1, -0.05) is 17.4 Å². The lowest BCUT2D eigenvalue weighted by Gasteiger charge is -2.33. The van der Waals surface area contributed by atoms with Gasteiger partial charge in [-0.3, -0.25) is 19.6 Å². The quantitative estimate of drug-likeness (QED) is 0.560. The van der Waals surface area contributed by atoms with Crippen molar-refractivity contribution in [1.29, 1.82) is 0 Å². The zero-order valence-electron chi connectivity index (χ0n) is 14.1. The van der Waals surface area contributed by atoms with E-state index in [1.54, 1.807) is 23.8 Å². The number of carbonyl (C=O) groups is 2. The highest BCUT2D eigenvalue weighted by Gasteiger charge is 2.48. The third-order valence-corrected chi connectivity index (χ3v) is 6.31. The van der Waals surface area contributed by atoms with Crippen molar-refractivity contribution in [1.82, 2.24) is 15.4 Å². The lowest BCUT2D eigenvalue weighted by molar-refractivity contribution is -0.137. The molecule has 26 heavy (non-hydrogen) atoms. The molecule has 0 radical (unpaired) electrons. The second-order valence-corrected chi connectivity index (χ2v) is 8.10. The number of H-pyrrole nitrogens is 1. The van der Waals surface area contributed by atoms with E-state index in [-0.39, 0.29) is 16.2 Å². The average Bonchev–Trinajstić information content (AvgIpc) is 3.19. The molecule has 3 N–H and O–H groups in total. The van der Waals surface area contributed by atoms with Crippen molar-refractivity contribution in [3.8, 4) is 0 Å². The molecule has 1 aliphatic heterocycles. The van der Waals surface area contributed by atoms with E-state index in [0.717, 1.165) is 46.6 Å². The molecule has 0 bridgehead atoms. The number of carbonyl (C=O) groups excluding carboxylic acids is 2. The lowest BCUT2D eigenvalue weighted by atomic mass is 9.70. The van der Waals surface area contributed by atoms with E-state index in [1.807, 2.05) is 11.0 Å². The molecule has 7 nitrogen and oxygen atoms in total. The van der Waals surface area contributed by atoms with Crippen molar-refractivity contribution in [2.75, 3.05) is 6.54 Å². The summed E-state index contributed by atoms with van der Waals surface area (Å²) in [6, 6.07) is 5.36. The fourth-order valence-electron chi connectivity index (χ4n) is 4.09. The molecule has 0 saturated carbocycles. The number of aryl methyl sites for hydroxylation is 1. The van der Waals surface area contributed by atoms with Gasteiger partial charge in [0.1, 0.15) is 0 Å². The summed E-state index contributed by atoms with van der Waals surface area (Å²) in [4.78, 5) is 41.2. The number of nitrogens with one attached hydrogen (secondary N) is 2. The summed E-state index contributed by atoms with van der Waals surface area (Å²) >= 11 is 1.14. The Balaban J connectivity index is 1.53. The first-order valence-corrected chi connectivity index (χ1v) is 9.35. The largest absolute Gasteiger partial charge is 0.337 e. The summed E-state index contributed by atoms with van der Waals surface area (Å²) in [5.41, 5.74) is 3.84. The van der Waals surface area contributed by atoms with Crippen LogP contribution < -0.4 is 10.4 Å². The van der Waals surface area contributed by atoms with E-state index in [1.165, 1.54) is 0 Å². The molecule has 8 heteroatoms. The van der Waals surface area contributed by atoms with Gasteiger partial charge in [0, 0.05) is 23.2 Å². The Morgan fingerprint density at radius 1 is 1.31 bits per heavy atom. The molecule has 1 aromatic heterocycles. The van der Waals surface area contributed by atoms with Crippen LogP contribution in [0, 0.1) is 5.41 Å². The fraction of sp³-hybridized carbons (Fsp3) is 0.389. The first-order chi connectivity index (χ1) is 12.5. The van der Waals surface area contributed by atoms with Crippen LogP contribution in [0.15, 0.2) is 29.2 Å². The van der Waals surface area contributed by atoms with E-state index in [0.29, 0.717) is 25.1 Å². The van der Waals surface area contributed by atoms with Crippen molar-refractivity contribution in [3.63, 3.8) is 0 Å². The molecule has 1 unspecified atom stereocenters. The van der Waals surface area contributed by atoms with Crippen molar-refractivity contribution < 1.29 is 14.8 Å². The number of benzene rings is 1. The van der Waals surface area contributed by atoms with Crippen LogP contribution in [-0.4, -0.2) is 33.5 Å². The Morgan fingerprint density at radius 3 is 2.88 bits per heavy atom. The number of fused-ring (bicyclic) bond motifs is 1. The van der Waals surface area contributed by atoms with Crippen molar-refractivity contribution in [2.24, 2.45) is 5.41 Å². The van der Waals surface area contributed by atoms with Gasteiger partial charge in [-0.05, 0) is 48.9 Å². The van der Waals surface area contributed by atoms with E-state index in [9.17, 15) is 14.4 Å². The molecule has 2 heterocycles. The second-order valence-electron chi connectivity index (χ2n) is 7.00. The molecule has 1 aromatic carbocycles. The highest BCUT2D eigenvalue weighted by atomic mass is 32.1. The van der Waals surface area contributed by atoms with Gasteiger partial charge in [0.05, 0.1) is 12.0 Å². The highest BCUT2D eigenvalue weighted by Crippen LogP contribution is 2.44. The Labute approximate surface area is 153 Å². The minimum atomic E-state index is -0.526. The Bertz CT molecular complexity index is 935. The van der Waals surface area contributed by atoms with Crippen LogP contribution in [0.25, 0.3) is 0 Å². The second kappa shape index (κ2) is 6.37. The number of hydrogen-bond acceptors (Lipinski definition) is 5. The minimum absolute atomic E-state index is 0.101. The number of hydrogen-bond donors (Lipinski definition) is 3. The van der Waals surface area contributed by atoms with Gasteiger partial charge in [-0.25, -0.2) is 5.48 Å². The van der Waals surface area contributed by atoms with Crippen LogP contribution in [0.1, 0.15) is 39.2 Å². The normalized spacial score (nSPS) is 21.9. The SMILES string of the molecule is O=C(NO)c1ccc2c(c1)CCC1(CCN(Cc3c[nH]c(=O)s3)C1=O)C2. The van der Waals surface area contributed by atoms with Gasteiger partial charge < -0.3 is 9.88 Å². The maximum absolute atomic E-state index is 13.1. The van der Waals surface area contributed by atoms with Crippen LogP contribution in [0.5, 0.6) is 0 Å². The first-order valence-electron chi connectivity index (χ1n) is 8.54. The molecule has 1 fully saturated rings. The summed E-state index contributed by atoms with van der Waals surface area (Å²) in [5, 5.41) is 8.78. The summed E-state index contributed by atoms with van der Waals surface area (Å²) < 4.78 is 0. The number of rotatable bonds is 3. The van der Waals surface area contributed by atoms with Crippen LogP contribution in [-0.2, 0) is 24.2 Å². The van der Waals surface area contributed by atoms with E-state index in [2.05, 4.69) is 4.98 Å². The molecular weight excluding hydrogens is 354 g/mol. The summed E-state index contributed by atoms with van der Waals surface area (Å²) in [5.74, 6) is -0.372. The van der Waals surface area contributed by atoms with Crippen LogP contribution >= 0.6 is 11.3 Å². The standard InChI is InChI=1S/C18H19N3O4S/c22-15(20-25)12-1-2-13-8-18(4-3-11(13)7-12)5-6-21(16(18)23)10-14-9-19-17(24)26-14/h1-2,7,9,25H,3-6,8,10H2,(H,19,24)(H,20,22). The van der Waals surface area contributed by atoms with Gasteiger partial charge in [0.25, 0.3) is 5.91 Å². The van der Waals surface area contributed by atoms with Crippen LogP contribution in [0.2, 0.25) is 0 Å². The van der Waals surface area contributed by atoms with E-state index >= 15 is 0 Å². The molecule has 2 aromatic rings. The molecule has 2 aliphatic rings. The molecule has 1 aliphatic carbocycles. The monoisotopic (exact) mass is 373 g/mol. The number of thiazole rings is 1. The van der Waals surface area contributed by atoms with Crippen molar-refractivity contribution in [3.05, 3.63) is 55.6 Å². The number of nitrogens with zero attached hydrogens (tertiary/aromatic N) is 1. The zero-order chi connectivity index (χ0) is 18.3. The Kier molecular flexibility index (Phi) is 4.16. The molecule has 4 rings (SSSR count). The maximum atomic E-state index is 13.1. The number of hydroxylamine groups is 1. The smallest absolute Gasteiger partial charge is 0.304 e. The van der Waals surface area contributed by atoms with Crippen LogP contribution in [0.4, 0.5) is 0 Å². The highest BCUT2D eigenvalue weighted by molar-refractivity contribution is 7.09. The predicted octanol–water partition coefficient (Wildman–Crippen LogP) is 1.46. The average molecular weight is 373 g/mol. The van der Waals surface area contributed by atoms with Gasteiger partial charge in [0.2, 0.25) is 5.91 Å².